The molecule has 0 radical (unpaired) electrons. The molecule has 0 saturated heterocycles. The summed E-state index contributed by atoms with van der Waals surface area (Å²) < 4.78 is 0. The van der Waals surface area contributed by atoms with Gasteiger partial charge in [0.2, 0.25) is 0 Å². The molecule has 3 nitrogen and oxygen atoms in total. The van der Waals surface area contributed by atoms with Crippen LogP contribution < -0.4 is 0 Å². The van der Waals surface area contributed by atoms with Gasteiger partial charge in [0, 0.05) is 0 Å². The van der Waals surface area contributed by atoms with Gasteiger partial charge in [-0.25, -0.2) is 0 Å². The van der Waals surface area contributed by atoms with Gasteiger partial charge in [0.25, 0.3) is 0 Å². The molecule has 1 N–H and O–H groups in total. The van der Waals surface area contributed by atoms with E-state index in [9.17, 15) is 0 Å². The Bertz CT molecular complexity index is 24.3. The van der Waals surface area contributed by atoms with Crippen molar-refractivity contribution in [3.8, 4) is 0 Å². The van der Waals surface area contributed by atoms with Crippen LogP contribution in [0.3, 0.4) is 0 Å². The summed E-state index contributed by atoms with van der Waals surface area (Å²) >= 11 is 0. The molecule has 0 rings (SSSR count). The van der Waals surface area contributed by atoms with E-state index in [0.717, 1.165) is 0 Å². The topological polar surface area (TPSA) is 60.3 Å². The lowest BCUT2D eigenvalue weighted by Gasteiger charge is -1.03. The average Bonchev–Trinajstić information content (AvgIpc) is 0.918. The SMILES string of the molecule is C.[N-]=[N+]=N. The van der Waals surface area contributed by atoms with Crippen molar-refractivity contribution in [2.24, 2.45) is 0 Å². The molecule has 0 bridgehead atoms. The first-order valence-corrected chi connectivity index (χ1v) is 0.424. The minimum atomic E-state index is 0. The Morgan fingerprint density at radius 1 is 1.75 bits per heavy atom. The fraction of sp³-hybridized carbons (Fsp3) is 1.00. The Morgan fingerprint density at radius 2 is 1.75 bits per heavy atom. The van der Waals surface area contributed by atoms with Gasteiger partial charge >= 0.3 is 0 Å². The molecule has 4 heavy (non-hydrogen) atoms. The molecule has 0 atom stereocenters. The lowest BCUT2D eigenvalue weighted by Crippen LogP contribution is -0.769. The van der Waals surface area contributed by atoms with Gasteiger partial charge in [-0.2, -0.15) is 0 Å². The number of hydrogen-bond acceptors (Lipinski definition) is 1. The van der Waals surface area contributed by atoms with Crippen molar-refractivity contribution in [2.45, 2.75) is 7.43 Å². The molecule has 0 unspecified atom stereocenters. The summed E-state index contributed by atoms with van der Waals surface area (Å²) in [6, 6.07) is 0. The average molecular weight is 59.1 g/mol. The Kier molecular flexibility index (Phi) is 106. The van der Waals surface area contributed by atoms with E-state index in [2.05, 4.69) is 0 Å². The van der Waals surface area contributed by atoms with Crippen LogP contribution >= 0.6 is 0 Å². The maximum absolute atomic E-state index is 6.86. The van der Waals surface area contributed by atoms with E-state index in [-0.39, 0.29) is 7.43 Å². The molecule has 0 heterocycles. The number of nitrogens with one attached hydrogen (secondary N) is 1. The summed E-state index contributed by atoms with van der Waals surface area (Å²) in [7, 11) is 0. The molecule has 0 spiro atoms. The van der Waals surface area contributed by atoms with Gasteiger partial charge in [-0.05, 0) is 10.4 Å². The number of nitrogens with zero attached hydrogens (tertiary/aromatic N) is 2. The van der Waals surface area contributed by atoms with Crippen LogP contribution in [-0.2, 0) is 0 Å². The molecule has 0 aromatic heterocycles. The van der Waals surface area contributed by atoms with Gasteiger partial charge in [0.05, 0.1) is 0 Å². The molecule has 0 amide bonds. The van der Waals surface area contributed by atoms with Crippen LogP contribution in [0.2, 0.25) is 0 Å². The summed E-state index contributed by atoms with van der Waals surface area (Å²) in [5, 5.41) is 0. The third kappa shape index (κ3) is 0.264. The van der Waals surface area contributed by atoms with Gasteiger partial charge in [0.15, 0.2) is 0 Å². The van der Waals surface area contributed by atoms with Crippen molar-refractivity contribution < 1.29 is 0 Å². The predicted molar refractivity (Wildman–Crippen MR) is 16.2 cm³/mol. The number of hydrogen-bond donors (Lipinski definition) is 1. The number of rotatable bonds is 0. The van der Waals surface area contributed by atoms with Crippen molar-refractivity contribution in [1.29, 1.82) is 5.53 Å². The Labute approximate surface area is 24.7 Å². The Balaban J connectivity index is 0. The van der Waals surface area contributed by atoms with Gasteiger partial charge in [0.1, 0.15) is 0 Å². The van der Waals surface area contributed by atoms with Gasteiger partial charge < -0.3 is 0 Å². The van der Waals surface area contributed by atoms with Crippen LogP contribution in [-0.4, -0.2) is 0 Å². The second-order valence-electron chi connectivity index (χ2n) is 0.100. The molecule has 0 aliphatic rings. The summed E-state index contributed by atoms with van der Waals surface area (Å²) in [6.07, 6.45) is 0. The largest absolute Gasteiger partial charge is 0.108 e. The standard InChI is InChI=1S/CH4.HN3/c;1-3-2/h1H4;1H. The second kappa shape index (κ2) is 41.3. The van der Waals surface area contributed by atoms with Crippen LogP contribution in [0.15, 0.2) is 0 Å². The zero-order chi connectivity index (χ0) is 2.71. The first-order valence-electron chi connectivity index (χ1n) is 0.424. The van der Waals surface area contributed by atoms with Gasteiger partial charge in [-0.15, -0.1) is 5.53 Å². The van der Waals surface area contributed by atoms with Crippen molar-refractivity contribution in [2.75, 3.05) is 0 Å². The van der Waals surface area contributed by atoms with E-state index in [0.29, 0.717) is 0 Å². The van der Waals surface area contributed by atoms with Crippen molar-refractivity contribution >= 4 is 0 Å². The summed E-state index contributed by atoms with van der Waals surface area (Å²) in [4.78, 5) is 1.75. The fourth-order valence-electron chi connectivity index (χ4n) is 0. The molecule has 0 fully saturated rings. The zero-order valence-corrected chi connectivity index (χ0v) is 1.39. The lowest BCUT2D eigenvalue weighted by molar-refractivity contribution is 1.45. The summed E-state index contributed by atoms with van der Waals surface area (Å²) in [5.41, 5.74) is 12.2. The van der Waals surface area contributed by atoms with Crippen LogP contribution in [0.4, 0.5) is 0 Å². The van der Waals surface area contributed by atoms with Crippen LogP contribution in [0.1, 0.15) is 7.43 Å². The Morgan fingerprint density at radius 3 is 1.75 bits per heavy atom. The first kappa shape index (κ1) is 10.3. The molecular weight excluding hydrogens is 54.0 g/mol. The van der Waals surface area contributed by atoms with E-state index >= 15 is 0 Å². The normalized spacial score (nSPS) is 2.00. The van der Waals surface area contributed by atoms with Crippen LogP contribution in [0.5, 0.6) is 0 Å². The minimum absolute atomic E-state index is 0. The molecule has 3 heteroatoms. The van der Waals surface area contributed by atoms with Crippen LogP contribution in [0.25, 0.3) is 10.4 Å². The zero-order valence-electron chi connectivity index (χ0n) is 1.39. The predicted octanol–water partition coefficient (Wildman–Crippen LogP) is 1.51. The molecule has 0 aliphatic carbocycles. The second-order valence-corrected chi connectivity index (χ2v) is 0.100. The molecule has 24 valence electrons. The molecule has 0 saturated carbocycles. The highest BCUT2D eigenvalue weighted by molar-refractivity contribution is 4.18. The highest BCUT2D eigenvalue weighted by Crippen LogP contribution is 1.24. The maximum atomic E-state index is 6.86. The molecular formula is CH5N3. The van der Waals surface area contributed by atoms with Crippen molar-refractivity contribution in [1.82, 2.24) is 0 Å². The van der Waals surface area contributed by atoms with Gasteiger partial charge in [-0.3, -0.25) is 0 Å². The van der Waals surface area contributed by atoms with Crippen molar-refractivity contribution in [3.05, 3.63) is 10.4 Å². The quantitative estimate of drug-likeness (QED) is 0.250. The van der Waals surface area contributed by atoms with Gasteiger partial charge in [-0.1, -0.05) is 7.43 Å². The highest BCUT2D eigenvalue weighted by Gasteiger charge is 0.973. The Hall–Kier alpha value is -0.690. The molecule has 0 aliphatic heterocycles. The van der Waals surface area contributed by atoms with E-state index in [4.69, 9.17) is 11.1 Å². The lowest BCUT2D eigenvalue weighted by atomic mass is 12.0. The summed E-state index contributed by atoms with van der Waals surface area (Å²) in [6.45, 7) is 0. The molecule has 0 aromatic carbocycles. The van der Waals surface area contributed by atoms with E-state index in [1.54, 1.807) is 4.91 Å². The maximum Gasteiger partial charge on any atom is -0.00208 e. The van der Waals surface area contributed by atoms with E-state index < -0.39 is 0 Å². The summed E-state index contributed by atoms with van der Waals surface area (Å²) in [5.74, 6) is 0. The monoisotopic (exact) mass is 59.0 g/mol. The third-order valence-corrected chi connectivity index (χ3v) is 0. The van der Waals surface area contributed by atoms with E-state index in [1.807, 2.05) is 0 Å². The van der Waals surface area contributed by atoms with E-state index in [1.165, 1.54) is 0 Å². The first-order chi connectivity index (χ1) is 1.41. The highest BCUT2D eigenvalue weighted by atomic mass is 15.0. The minimum Gasteiger partial charge on any atom is -0.108 e. The van der Waals surface area contributed by atoms with Crippen LogP contribution in [0, 0.1) is 5.53 Å². The smallest absolute Gasteiger partial charge is 0.00208 e. The van der Waals surface area contributed by atoms with Crippen molar-refractivity contribution in [3.63, 3.8) is 0 Å². The molecule has 0 aromatic rings. The third-order valence-electron chi connectivity index (χ3n) is 0. The fourth-order valence-corrected chi connectivity index (χ4v) is 0.